The smallest absolute Gasteiger partial charge is 0.223 e. The highest BCUT2D eigenvalue weighted by molar-refractivity contribution is 7.13. The summed E-state index contributed by atoms with van der Waals surface area (Å²) in [6.07, 6.45) is 1.36. The maximum atomic E-state index is 12.2. The van der Waals surface area contributed by atoms with Crippen molar-refractivity contribution < 1.29 is 9.53 Å². The van der Waals surface area contributed by atoms with E-state index in [2.05, 4.69) is 22.5 Å². The number of aromatic nitrogens is 1. The average molecular weight is 316 g/mol. The van der Waals surface area contributed by atoms with Crippen LogP contribution >= 0.6 is 11.3 Å². The third-order valence-corrected chi connectivity index (χ3v) is 4.70. The molecule has 1 aliphatic heterocycles. The molecule has 0 spiro atoms. The predicted octanol–water partition coefficient (Wildman–Crippen LogP) is 2.99. The summed E-state index contributed by atoms with van der Waals surface area (Å²) in [5.41, 5.74) is 2.13. The molecule has 0 bridgehead atoms. The minimum absolute atomic E-state index is 0.140. The summed E-state index contributed by atoms with van der Waals surface area (Å²) in [6, 6.07) is 10.1. The van der Waals surface area contributed by atoms with Crippen LogP contribution < -0.4 is 0 Å². The molecule has 1 unspecified atom stereocenters. The van der Waals surface area contributed by atoms with E-state index in [0.29, 0.717) is 32.5 Å². The largest absolute Gasteiger partial charge is 0.375 e. The lowest BCUT2D eigenvalue weighted by molar-refractivity contribution is -0.138. The van der Waals surface area contributed by atoms with Crippen LogP contribution in [-0.4, -0.2) is 41.6 Å². The van der Waals surface area contributed by atoms with Gasteiger partial charge in [-0.2, -0.15) is 0 Å². The summed E-state index contributed by atoms with van der Waals surface area (Å²) in [7, 11) is 0. The standard InChI is InChI=1S/C17H20N2O2S/c1-13-11-19(9-10-21-13)16(20)8-7-15-12-22-17(18-15)14-5-3-2-4-6-14/h2-6,12-13H,7-11H2,1H3. The van der Waals surface area contributed by atoms with Gasteiger partial charge in [0.05, 0.1) is 18.4 Å². The normalized spacial score (nSPS) is 18.4. The second-order valence-corrected chi connectivity index (χ2v) is 6.39. The summed E-state index contributed by atoms with van der Waals surface area (Å²) in [5.74, 6) is 0.199. The monoisotopic (exact) mass is 316 g/mol. The first kappa shape index (κ1) is 15.2. The Balaban J connectivity index is 1.56. The van der Waals surface area contributed by atoms with Gasteiger partial charge in [0.15, 0.2) is 0 Å². The molecule has 2 aromatic rings. The third-order valence-electron chi connectivity index (χ3n) is 3.76. The predicted molar refractivity (Wildman–Crippen MR) is 87.9 cm³/mol. The van der Waals surface area contributed by atoms with Crippen LogP contribution in [0.1, 0.15) is 19.0 Å². The van der Waals surface area contributed by atoms with Gasteiger partial charge in [0.1, 0.15) is 5.01 Å². The Bertz CT molecular complexity index is 627. The topological polar surface area (TPSA) is 42.4 Å². The lowest BCUT2D eigenvalue weighted by Gasteiger charge is -2.31. The van der Waals surface area contributed by atoms with E-state index >= 15 is 0 Å². The van der Waals surface area contributed by atoms with E-state index in [-0.39, 0.29) is 12.0 Å². The molecule has 1 aromatic carbocycles. The number of hydrogen-bond donors (Lipinski definition) is 0. The summed E-state index contributed by atoms with van der Waals surface area (Å²) < 4.78 is 5.47. The van der Waals surface area contributed by atoms with Crippen molar-refractivity contribution in [3.05, 3.63) is 41.4 Å². The summed E-state index contributed by atoms with van der Waals surface area (Å²) in [5, 5.41) is 3.07. The fourth-order valence-electron chi connectivity index (χ4n) is 2.57. The zero-order valence-electron chi connectivity index (χ0n) is 12.7. The average Bonchev–Trinajstić information content (AvgIpc) is 3.02. The maximum Gasteiger partial charge on any atom is 0.223 e. The fraction of sp³-hybridized carbons (Fsp3) is 0.412. The zero-order valence-corrected chi connectivity index (χ0v) is 13.5. The van der Waals surface area contributed by atoms with Gasteiger partial charge in [-0.25, -0.2) is 4.98 Å². The molecule has 1 aliphatic rings. The van der Waals surface area contributed by atoms with Gasteiger partial charge in [0.2, 0.25) is 5.91 Å². The number of carbonyl (C=O) groups excluding carboxylic acids is 1. The molecule has 1 saturated heterocycles. The van der Waals surface area contributed by atoms with Crippen LogP contribution in [0, 0.1) is 0 Å². The van der Waals surface area contributed by atoms with Gasteiger partial charge in [-0.05, 0) is 13.3 Å². The molecule has 1 amide bonds. The molecule has 3 rings (SSSR count). The fourth-order valence-corrected chi connectivity index (χ4v) is 3.43. The van der Waals surface area contributed by atoms with E-state index in [0.717, 1.165) is 16.3 Å². The van der Waals surface area contributed by atoms with E-state index in [9.17, 15) is 4.79 Å². The van der Waals surface area contributed by atoms with E-state index in [1.54, 1.807) is 11.3 Å². The number of hydrogen-bond acceptors (Lipinski definition) is 4. The zero-order chi connectivity index (χ0) is 15.4. The molecule has 2 heterocycles. The van der Waals surface area contributed by atoms with Crippen LogP contribution in [0.4, 0.5) is 0 Å². The van der Waals surface area contributed by atoms with E-state index in [1.165, 1.54) is 0 Å². The van der Waals surface area contributed by atoms with Crippen LogP contribution in [0.5, 0.6) is 0 Å². The van der Waals surface area contributed by atoms with Crippen molar-refractivity contribution in [1.29, 1.82) is 0 Å². The first-order valence-corrected chi connectivity index (χ1v) is 8.49. The second kappa shape index (κ2) is 7.03. The molecule has 0 N–H and O–H groups in total. The Morgan fingerprint density at radius 3 is 3.00 bits per heavy atom. The molecule has 0 aliphatic carbocycles. The molecular formula is C17H20N2O2S. The SMILES string of the molecule is CC1CN(C(=O)CCc2csc(-c3ccccc3)n2)CCO1. The number of aryl methyl sites for hydroxylation is 1. The number of benzene rings is 1. The lowest BCUT2D eigenvalue weighted by Crippen LogP contribution is -2.44. The number of carbonyl (C=O) groups is 1. The number of rotatable bonds is 4. The number of morpholine rings is 1. The third kappa shape index (κ3) is 3.72. The molecule has 1 atom stereocenters. The minimum atomic E-state index is 0.140. The molecular weight excluding hydrogens is 296 g/mol. The van der Waals surface area contributed by atoms with Crippen LogP contribution in [0.3, 0.4) is 0 Å². The highest BCUT2D eigenvalue weighted by Gasteiger charge is 2.21. The molecule has 1 fully saturated rings. The first-order chi connectivity index (χ1) is 10.7. The molecule has 116 valence electrons. The summed E-state index contributed by atoms with van der Waals surface area (Å²) in [4.78, 5) is 18.8. The Labute approximate surface area is 134 Å². The van der Waals surface area contributed by atoms with E-state index in [1.807, 2.05) is 30.0 Å². The van der Waals surface area contributed by atoms with Crippen molar-refractivity contribution >= 4 is 17.2 Å². The van der Waals surface area contributed by atoms with Crippen molar-refractivity contribution in [2.45, 2.75) is 25.9 Å². The molecule has 0 saturated carbocycles. The highest BCUT2D eigenvalue weighted by Crippen LogP contribution is 2.23. The van der Waals surface area contributed by atoms with Gasteiger partial charge in [-0.15, -0.1) is 11.3 Å². The lowest BCUT2D eigenvalue weighted by atomic mass is 10.2. The molecule has 4 nitrogen and oxygen atoms in total. The maximum absolute atomic E-state index is 12.2. The molecule has 5 heteroatoms. The minimum Gasteiger partial charge on any atom is -0.375 e. The van der Waals surface area contributed by atoms with Crippen LogP contribution in [0.25, 0.3) is 10.6 Å². The van der Waals surface area contributed by atoms with Gasteiger partial charge in [-0.1, -0.05) is 30.3 Å². The van der Waals surface area contributed by atoms with Crippen LogP contribution in [0.2, 0.25) is 0 Å². The molecule has 0 radical (unpaired) electrons. The van der Waals surface area contributed by atoms with Crippen molar-refractivity contribution in [3.63, 3.8) is 0 Å². The Hall–Kier alpha value is -1.72. The Morgan fingerprint density at radius 2 is 2.23 bits per heavy atom. The highest BCUT2D eigenvalue weighted by atomic mass is 32.1. The molecule has 1 aromatic heterocycles. The molecule has 22 heavy (non-hydrogen) atoms. The summed E-state index contributed by atoms with van der Waals surface area (Å²) in [6.45, 7) is 4.05. The van der Waals surface area contributed by atoms with Gasteiger partial charge >= 0.3 is 0 Å². The number of thiazole rings is 1. The Kier molecular flexibility index (Phi) is 4.85. The number of ether oxygens (including phenoxy) is 1. The van der Waals surface area contributed by atoms with Crippen molar-refractivity contribution in [2.24, 2.45) is 0 Å². The Morgan fingerprint density at radius 1 is 1.41 bits per heavy atom. The number of nitrogens with zero attached hydrogens (tertiary/aromatic N) is 2. The van der Waals surface area contributed by atoms with Crippen molar-refractivity contribution in [2.75, 3.05) is 19.7 Å². The van der Waals surface area contributed by atoms with Crippen molar-refractivity contribution in [3.8, 4) is 10.6 Å². The number of amides is 1. The van der Waals surface area contributed by atoms with Gasteiger partial charge < -0.3 is 9.64 Å². The van der Waals surface area contributed by atoms with Crippen molar-refractivity contribution in [1.82, 2.24) is 9.88 Å². The quantitative estimate of drug-likeness (QED) is 0.871. The summed E-state index contributed by atoms with van der Waals surface area (Å²) >= 11 is 1.63. The van der Waals surface area contributed by atoms with Crippen LogP contribution in [0.15, 0.2) is 35.7 Å². The first-order valence-electron chi connectivity index (χ1n) is 7.61. The van der Waals surface area contributed by atoms with Gasteiger partial charge in [0, 0.05) is 30.5 Å². The van der Waals surface area contributed by atoms with Gasteiger partial charge in [0.25, 0.3) is 0 Å². The van der Waals surface area contributed by atoms with Crippen LogP contribution in [-0.2, 0) is 16.0 Å². The van der Waals surface area contributed by atoms with Gasteiger partial charge in [-0.3, -0.25) is 4.79 Å². The van der Waals surface area contributed by atoms with E-state index in [4.69, 9.17) is 4.74 Å². The second-order valence-electron chi connectivity index (χ2n) is 5.53. The van der Waals surface area contributed by atoms with E-state index < -0.39 is 0 Å².